The number of hydrogen-bond acceptors (Lipinski definition) is 3. The highest BCUT2D eigenvalue weighted by Crippen LogP contribution is 2.14. The van der Waals surface area contributed by atoms with Crippen LogP contribution in [0.4, 0.5) is 5.69 Å². The van der Waals surface area contributed by atoms with E-state index in [2.05, 4.69) is 15.4 Å². The molecule has 1 aromatic carbocycles. The third kappa shape index (κ3) is 2.28. The minimum Gasteiger partial charge on any atom is -0.321 e. The van der Waals surface area contributed by atoms with E-state index in [4.69, 9.17) is 11.6 Å². The molecule has 0 aliphatic rings. The van der Waals surface area contributed by atoms with Gasteiger partial charge in [0.1, 0.15) is 5.69 Å². The van der Waals surface area contributed by atoms with Gasteiger partial charge in [0.15, 0.2) is 5.65 Å². The average Bonchev–Trinajstić information content (AvgIpc) is 2.89. The van der Waals surface area contributed by atoms with Crippen LogP contribution in [0.25, 0.3) is 5.65 Å². The van der Waals surface area contributed by atoms with Gasteiger partial charge in [-0.1, -0.05) is 11.6 Å². The van der Waals surface area contributed by atoms with Crippen LogP contribution in [0.5, 0.6) is 0 Å². The molecule has 3 rings (SSSR count). The van der Waals surface area contributed by atoms with Gasteiger partial charge in [-0.25, -0.2) is 9.50 Å². The molecule has 2 aromatic heterocycles. The van der Waals surface area contributed by atoms with E-state index in [1.165, 1.54) is 4.52 Å². The maximum Gasteiger partial charge on any atom is 0.274 e. The Morgan fingerprint density at radius 3 is 2.68 bits per heavy atom. The van der Waals surface area contributed by atoms with Crippen LogP contribution < -0.4 is 5.32 Å². The first-order chi connectivity index (χ1) is 9.24. The smallest absolute Gasteiger partial charge is 0.274 e. The molecule has 0 saturated carbocycles. The number of carbonyl (C=O) groups is 1. The van der Waals surface area contributed by atoms with Crippen LogP contribution in [0.15, 0.2) is 48.8 Å². The van der Waals surface area contributed by atoms with Gasteiger partial charge >= 0.3 is 0 Å². The summed E-state index contributed by atoms with van der Waals surface area (Å²) in [4.78, 5) is 16.3. The predicted molar refractivity (Wildman–Crippen MR) is 72.4 cm³/mol. The molecule has 0 saturated heterocycles. The van der Waals surface area contributed by atoms with Crippen molar-refractivity contribution < 1.29 is 4.79 Å². The first-order valence-electron chi connectivity index (χ1n) is 5.60. The van der Waals surface area contributed by atoms with Gasteiger partial charge in [0.25, 0.3) is 5.91 Å². The first kappa shape index (κ1) is 11.7. The summed E-state index contributed by atoms with van der Waals surface area (Å²) in [5.41, 5.74) is 1.72. The second-order valence-corrected chi connectivity index (χ2v) is 4.33. The molecule has 3 aromatic rings. The molecular weight excluding hydrogens is 264 g/mol. The molecule has 0 unspecified atom stereocenters. The number of amides is 1. The fraction of sp³-hybridized carbons (Fsp3) is 0. The molecule has 0 bridgehead atoms. The van der Waals surface area contributed by atoms with Crippen molar-refractivity contribution in [1.29, 1.82) is 0 Å². The van der Waals surface area contributed by atoms with Crippen LogP contribution in [0.1, 0.15) is 10.5 Å². The van der Waals surface area contributed by atoms with E-state index in [0.717, 1.165) is 0 Å². The van der Waals surface area contributed by atoms with E-state index in [9.17, 15) is 4.79 Å². The van der Waals surface area contributed by atoms with Crippen molar-refractivity contribution in [3.8, 4) is 0 Å². The average molecular weight is 273 g/mol. The zero-order valence-electron chi connectivity index (χ0n) is 9.75. The second kappa shape index (κ2) is 4.70. The number of nitrogens with zero attached hydrogens (tertiary/aromatic N) is 3. The first-order valence-corrected chi connectivity index (χ1v) is 5.97. The number of halogens is 1. The highest BCUT2D eigenvalue weighted by Gasteiger charge is 2.11. The molecule has 2 heterocycles. The van der Waals surface area contributed by atoms with Gasteiger partial charge in [0.2, 0.25) is 0 Å². The Balaban J connectivity index is 1.92. The van der Waals surface area contributed by atoms with Gasteiger partial charge in [-0.05, 0) is 30.3 Å². The summed E-state index contributed by atoms with van der Waals surface area (Å²) in [5.74, 6) is -0.251. The van der Waals surface area contributed by atoms with Crippen LogP contribution in [-0.4, -0.2) is 20.5 Å². The fourth-order valence-corrected chi connectivity index (χ4v) is 1.86. The SMILES string of the molecule is O=C(Nc1ccc(Cl)cc1)c1ccnc2ccnn12. The summed E-state index contributed by atoms with van der Waals surface area (Å²) in [7, 11) is 0. The highest BCUT2D eigenvalue weighted by molar-refractivity contribution is 6.30. The van der Waals surface area contributed by atoms with Crippen molar-refractivity contribution in [2.24, 2.45) is 0 Å². The van der Waals surface area contributed by atoms with E-state index < -0.39 is 0 Å². The maximum absolute atomic E-state index is 12.2. The van der Waals surface area contributed by atoms with Crippen molar-refractivity contribution in [1.82, 2.24) is 14.6 Å². The number of nitrogens with one attached hydrogen (secondary N) is 1. The monoisotopic (exact) mass is 272 g/mol. The number of aromatic nitrogens is 3. The van der Waals surface area contributed by atoms with E-state index >= 15 is 0 Å². The highest BCUT2D eigenvalue weighted by atomic mass is 35.5. The zero-order valence-corrected chi connectivity index (χ0v) is 10.5. The molecular formula is C13H9ClN4O. The molecule has 0 aliphatic carbocycles. The number of carbonyl (C=O) groups excluding carboxylic acids is 1. The standard InChI is InChI=1S/C13H9ClN4O/c14-9-1-3-10(4-2-9)17-13(19)11-5-7-15-12-6-8-16-18(11)12/h1-8H,(H,17,19). The summed E-state index contributed by atoms with van der Waals surface area (Å²) in [6.07, 6.45) is 3.18. The lowest BCUT2D eigenvalue weighted by molar-refractivity contribution is 0.102. The van der Waals surface area contributed by atoms with Crippen LogP contribution in [0.3, 0.4) is 0 Å². The van der Waals surface area contributed by atoms with Crippen LogP contribution in [-0.2, 0) is 0 Å². The van der Waals surface area contributed by atoms with E-state index in [1.807, 2.05) is 0 Å². The molecule has 19 heavy (non-hydrogen) atoms. The number of fused-ring (bicyclic) bond motifs is 1. The lowest BCUT2D eigenvalue weighted by Crippen LogP contribution is -2.16. The second-order valence-electron chi connectivity index (χ2n) is 3.89. The minimum absolute atomic E-state index is 0.251. The van der Waals surface area contributed by atoms with Gasteiger partial charge < -0.3 is 5.32 Å². The molecule has 0 fully saturated rings. The molecule has 94 valence electrons. The van der Waals surface area contributed by atoms with Crippen molar-refractivity contribution in [2.75, 3.05) is 5.32 Å². The minimum atomic E-state index is -0.251. The third-order valence-electron chi connectivity index (χ3n) is 2.62. The van der Waals surface area contributed by atoms with Gasteiger partial charge in [0, 0.05) is 23.0 Å². The normalized spacial score (nSPS) is 10.6. The summed E-state index contributed by atoms with van der Waals surface area (Å²) in [5, 5.41) is 7.47. The quantitative estimate of drug-likeness (QED) is 0.780. The summed E-state index contributed by atoms with van der Waals surface area (Å²) in [6.45, 7) is 0. The topological polar surface area (TPSA) is 59.3 Å². The van der Waals surface area contributed by atoms with Crippen LogP contribution >= 0.6 is 11.6 Å². The van der Waals surface area contributed by atoms with Crippen molar-refractivity contribution in [3.05, 3.63) is 59.5 Å². The van der Waals surface area contributed by atoms with E-state index in [-0.39, 0.29) is 5.91 Å². The summed E-state index contributed by atoms with van der Waals surface area (Å²) >= 11 is 5.79. The number of benzene rings is 1. The Morgan fingerprint density at radius 1 is 1.11 bits per heavy atom. The molecule has 0 spiro atoms. The lowest BCUT2D eigenvalue weighted by Gasteiger charge is -2.06. The Bertz CT molecular complexity index is 736. The maximum atomic E-state index is 12.2. The van der Waals surface area contributed by atoms with Gasteiger partial charge in [-0.2, -0.15) is 5.10 Å². The molecule has 0 atom stereocenters. The summed E-state index contributed by atoms with van der Waals surface area (Å²) in [6, 6.07) is 10.3. The Hall–Kier alpha value is -2.40. The molecule has 1 amide bonds. The fourth-order valence-electron chi connectivity index (χ4n) is 1.73. The Kier molecular flexibility index (Phi) is 2.89. The number of rotatable bonds is 2. The third-order valence-corrected chi connectivity index (χ3v) is 2.88. The van der Waals surface area contributed by atoms with Gasteiger partial charge in [0.05, 0.1) is 6.20 Å². The molecule has 1 N–H and O–H groups in total. The van der Waals surface area contributed by atoms with E-state index in [0.29, 0.717) is 22.1 Å². The number of hydrogen-bond donors (Lipinski definition) is 1. The molecule has 0 aliphatic heterocycles. The van der Waals surface area contributed by atoms with Gasteiger partial charge in [-0.3, -0.25) is 4.79 Å². The molecule has 6 heteroatoms. The van der Waals surface area contributed by atoms with Gasteiger partial charge in [-0.15, -0.1) is 0 Å². The molecule has 0 radical (unpaired) electrons. The van der Waals surface area contributed by atoms with Crippen molar-refractivity contribution in [2.45, 2.75) is 0 Å². The van der Waals surface area contributed by atoms with Crippen LogP contribution in [0, 0.1) is 0 Å². The van der Waals surface area contributed by atoms with Crippen molar-refractivity contribution >= 4 is 28.8 Å². The summed E-state index contributed by atoms with van der Waals surface area (Å²) < 4.78 is 1.49. The van der Waals surface area contributed by atoms with Crippen LogP contribution in [0.2, 0.25) is 5.02 Å². The zero-order chi connectivity index (χ0) is 13.2. The lowest BCUT2D eigenvalue weighted by atomic mass is 10.3. The Morgan fingerprint density at radius 2 is 1.89 bits per heavy atom. The number of anilines is 1. The largest absolute Gasteiger partial charge is 0.321 e. The molecule has 5 nitrogen and oxygen atoms in total. The predicted octanol–water partition coefficient (Wildman–Crippen LogP) is 2.64. The van der Waals surface area contributed by atoms with Crippen molar-refractivity contribution in [3.63, 3.8) is 0 Å². The Labute approximate surface area is 113 Å². The van der Waals surface area contributed by atoms with E-state index in [1.54, 1.807) is 48.8 Å².